The van der Waals surface area contributed by atoms with E-state index in [0.29, 0.717) is 0 Å². The van der Waals surface area contributed by atoms with Gasteiger partial charge in [-0.1, -0.05) is 0 Å². The Kier molecular flexibility index (Phi) is 2.29. The minimum absolute atomic E-state index is 0.0677. The van der Waals surface area contributed by atoms with E-state index < -0.39 is 23.2 Å². The highest BCUT2D eigenvalue weighted by Gasteiger charge is 2.14. The van der Waals surface area contributed by atoms with Gasteiger partial charge in [-0.2, -0.15) is 4.39 Å². The Labute approximate surface area is 66.6 Å². The van der Waals surface area contributed by atoms with Crippen LogP contribution in [0.1, 0.15) is 5.69 Å². The first-order chi connectivity index (χ1) is 5.65. The lowest BCUT2D eigenvalue weighted by atomic mass is 10.3. The van der Waals surface area contributed by atoms with Gasteiger partial charge in [0.05, 0.1) is 17.2 Å². The Balaban J connectivity index is 3.12. The molecule has 0 aliphatic heterocycles. The molecule has 0 radical (unpaired) electrons. The molecule has 1 heterocycles. The summed E-state index contributed by atoms with van der Waals surface area (Å²) in [5.74, 6) is -1.17. The van der Waals surface area contributed by atoms with Crippen molar-refractivity contribution in [3.63, 3.8) is 0 Å². The number of nitrogens with zero attached hydrogens (tertiary/aromatic N) is 2. The van der Waals surface area contributed by atoms with Crippen LogP contribution >= 0.6 is 0 Å². The highest BCUT2D eigenvalue weighted by Crippen LogP contribution is 2.14. The Hall–Kier alpha value is -1.56. The molecule has 1 rings (SSSR count). The molecule has 12 heavy (non-hydrogen) atoms. The molecule has 5 nitrogen and oxygen atoms in total. The van der Waals surface area contributed by atoms with Gasteiger partial charge in [0.15, 0.2) is 0 Å². The summed E-state index contributed by atoms with van der Waals surface area (Å²) in [6, 6.07) is 2.16. The van der Waals surface area contributed by atoms with Gasteiger partial charge in [0, 0.05) is 6.07 Å². The maximum atomic E-state index is 12.6. The Morgan fingerprint density at radius 2 is 2.33 bits per heavy atom. The van der Waals surface area contributed by atoms with Gasteiger partial charge < -0.3 is 5.11 Å². The van der Waals surface area contributed by atoms with Crippen LogP contribution in [0.3, 0.4) is 0 Å². The molecule has 64 valence electrons. The van der Waals surface area contributed by atoms with Crippen molar-refractivity contribution < 1.29 is 14.4 Å². The normalized spacial score (nSPS) is 9.83. The van der Waals surface area contributed by atoms with E-state index in [9.17, 15) is 14.5 Å². The van der Waals surface area contributed by atoms with Crippen LogP contribution in [0.4, 0.5) is 10.1 Å². The number of rotatable bonds is 2. The SMILES string of the molecule is O=[N+]([O-])c1ccc(CO)nc1F. The van der Waals surface area contributed by atoms with Crippen LogP contribution in [0.15, 0.2) is 12.1 Å². The summed E-state index contributed by atoms with van der Waals surface area (Å²) in [7, 11) is 0. The van der Waals surface area contributed by atoms with Crippen molar-refractivity contribution in [2.75, 3.05) is 0 Å². The molecule has 0 spiro atoms. The smallest absolute Gasteiger partial charge is 0.323 e. The van der Waals surface area contributed by atoms with Crippen LogP contribution in [0.2, 0.25) is 0 Å². The van der Waals surface area contributed by atoms with Gasteiger partial charge in [0.1, 0.15) is 0 Å². The van der Waals surface area contributed by atoms with Crippen molar-refractivity contribution in [2.45, 2.75) is 6.61 Å². The summed E-state index contributed by atoms with van der Waals surface area (Å²) >= 11 is 0. The second kappa shape index (κ2) is 3.22. The topological polar surface area (TPSA) is 76.3 Å². The fourth-order valence-electron chi connectivity index (χ4n) is 0.689. The summed E-state index contributed by atoms with van der Waals surface area (Å²) in [6.07, 6.45) is 0. The number of halogens is 1. The van der Waals surface area contributed by atoms with Gasteiger partial charge in [-0.05, 0) is 6.07 Å². The van der Waals surface area contributed by atoms with Gasteiger partial charge in [-0.15, -0.1) is 0 Å². The van der Waals surface area contributed by atoms with Gasteiger partial charge in [-0.3, -0.25) is 10.1 Å². The fourth-order valence-corrected chi connectivity index (χ4v) is 0.689. The molecule has 0 bridgehead atoms. The number of nitro groups is 1. The minimum atomic E-state index is -1.17. The molecule has 1 N–H and O–H groups in total. The first-order valence-corrected chi connectivity index (χ1v) is 3.06. The Bertz CT molecular complexity index is 316. The monoisotopic (exact) mass is 172 g/mol. The van der Waals surface area contributed by atoms with Crippen LogP contribution in [0.25, 0.3) is 0 Å². The van der Waals surface area contributed by atoms with Gasteiger partial charge >= 0.3 is 5.69 Å². The number of pyridine rings is 1. The van der Waals surface area contributed by atoms with E-state index in [1.165, 1.54) is 6.07 Å². The summed E-state index contributed by atoms with van der Waals surface area (Å²) in [5, 5.41) is 18.6. The molecule has 0 fully saturated rings. The van der Waals surface area contributed by atoms with Crippen molar-refractivity contribution in [3.05, 3.63) is 33.9 Å². The quantitative estimate of drug-likeness (QED) is 0.403. The van der Waals surface area contributed by atoms with E-state index in [1.807, 2.05) is 0 Å². The largest absolute Gasteiger partial charge is 0.390 e. The number of hydrogen-bond donors (Lipinski definition) is 1. The van der Waals surface area contributed by atoms with Crippen molar-refractivity contribution >= 4 is 5.69 Å². The lowest BCUT2D eigenvalue weighted by molar-refractivity contribution is -0.388. The Morgan fingerprint density at radius 1 is 1.67 bits per heavy atom. The van der Waals surface area contributed by atoms with E-state index in [0.717, 1.165) is 6.07 Å². The third-order valence-corrected chi connectivity index (χ3v) is 1.25. The zero-order valence-corrected chi connectivity index (χ0v) is 5.90. The predicted molar refractivity (Wildman–Crippen MR) is 36.8 cm³/mol. The zero-order chi connectivity index (χ0) is 9.14. The van der Waals surface area contributed by atoms with Crippen LogP contribution in [0, 0.1) is 16.1 Å². The maximum absolute atomic E-state index is 12.6. The summed E-state index contributed by atoms with van der Waals surface area (Å²) < 4.78 is 12.6. The van der Waals surface area contributed by atoms with E-state index >= 15 is 0 Å². The summed E-state index contributed by atoms with van der Waals surface area (Å²) in [4.78, 5) is 12.4. The molecule has 0 unspecified atom stereocenters. The van der Waals surface area contributed by atoms with Crippen molar-refractivity contribution in [2.24, 2.45) is 0 Å². The molecule has 0 saturated carbocycles. The van der Waals surface area contributed by atoms with E-state index in [1.54, 1.807) is 0 Å². The standard InChI is InChI=1S/C6H5FN2O3/c7-6-5(9(11)12)2-1-4(3-10)8-6/h1-2,10H,3H2. The second-order valence-corrected chi connectivity index (χ2v) is 2.03. The lowest BCUT2D eigenvalue weighted by Gasteiger charge is -1.95. The summed E-state index contributed by atoms with van der Waals surface area (Å²) in [6.45, 7) is -0.436. The molecule has 0 aliphatic carbocycles. The fraction of sp³-hybridized carbons (Fsp3) is 0.167. The molecule has 0 saturated heterocycles. The Morgan fingerprint density at radius 3 is 2.75 bits per heavy atom. The molecule has 0 aromatic carbocycles. The average Bonchev–Trinajstić information content (AvgIpc) is 2.03. The van der Waals surface area contributed by atoms with Gasteiger partial charge in [0.2, 0.25) is 0 Å². The van der Waals surface area contributed by atoms with E-state index in [2.05, 4.69) is 4.98 Å². The third kappa shape index (κ3) is 1.54. The van der Waals surface area contributed by atoms with Crippen molar-refractivity contribution in [1.82, 2.24) is 4.98 Å². The maximum Gasteiger partial charge on any atom is 0.323 e. The summed E-state index contributed by atoms with van der Waals surface area (Å²) in [5.41, 5.74) is -0.620. The van der Waals surface area contributed by atoms with Crippen LogP contribution in [-0.2, 0) is 6.61 Å². The molecule has 0 aliphatic rings. The van der Waals surface area contributed by atoms with Gasteiger partial charge in [-0.25, -0.2) is 4.98 Å². The number of aromatic nitrogens is 1. The zero-order valence-electron chi connectivity index (χ0n) is 5.90. The number of aliphatic hydroxyl groups is 1. The average molecular weight is 172 g/mol. The third-order valence-electron chi connectivity index (χ3n) is 1.25. The molecular weight excluding hydrogens is 167 g/mol. The predicted octanol–water partition coefficient (Wildman–Crippen LogP) is 0.621. The minimum Gasteiger partial charge on any atom is -0.390 e. The van der Waals surface area contributed by atoms with Crippen molar-refractivity contribution in [1.29, 1.82) is 0 Å². The molecular formula is C6H5FN2O3. The first kappa shape index (κ1) is 8.54. The van der Waals surface area contributed by atoms with Crippen molar-refractivity contribution in [3.8, 4) is 0 Å². The molecule has 0 atom stereocenters. The lowest BCUT2D eigenvalue weighted by Crippen LogP contribution is -1.98. The van der Waals surface area contributed by atoms with Crippen LogP contribution in [-0.4, -0.2) is 15.0 Å². The van der Waals surface area contributed by atoms with E-state index in [-0.39, 0.29) is 5.69 Å². The molecule has 1 aromatic rings. The molecule has 0 amide bonds. The van der Waals surface area contributed by atoms with Crippen LogP contribution < -0.4 is 0 Å². The number of hydrogen-bond acceptors (Lipinski definition) is 4. The highest BCUT2D eigenvalue weighted by molar-refractivity contribution is 5.28. The molecule has 6 heteroatoms. The highest BCUT2D eigenvalue weighted by atomic mass is 19.1. The second-order valence-electron chi connectivity index (χ2n) is 2.03. The number of aliphatic hydroxyl groups excluding tert-OH is 1. The van der Waals surface area contributed by atoms with Crippen LogP contribution in [0.5, 0.6) is 0 Å². The first-order valence-electron chi connectivity index (χ1n) is 3.06. The van der Waals surface area contributed by atoms with Gasteiger partial charge in [0.25, 0.3) is 5.95 Å². The van der Waals surface area contributed by atoms with E-state index in [4.69, 9.17) is 5.11 Å². The molecule has 1 aromatic heterocycles.